The molecule has 0 saturated carbocycles. The second-order valence-electron chi connectivity index (χ2n) is 4.97. The van der Waals surface area contributed by atoms with Crippen LogP contribution in [0.5, 0.6) is 0 Å². The first-order valence-electron chi connectivity index (χ1n) is 6.36. The number of fused-ring (bicyclic) bond motifs is 1. The maximum absolute atomic E-state index is 11.3. The van der Waals surface area contributed by atoms with Crippen LogP contribution in [0.1, 0.15) is 5.56 Å². The van der Waals surface area contributed by atoms with Gasteiger partial charge in [0, 0.05) is 25.2 Å². The Bertz CT molecular complexity index is 788. The van der Waals surface area contributed by atoms with Crippen molar-refractivity contribution < 1.29 is 8.42 Å². The van der Waals surface area contributed by atoms with Gasteiger partial charge in [0.1, 0.15) is 20.6 Å². The lowest BCUT2D eigenvalue weighted by Crippen LogP contribution is -2.28. The first-order chi connectivity index (χ1) is 9.78. The van der Waals surface area contributed by atoms with Crippen molar-refractivity contribution in [3.8, 4) is 0 Å². The molecule has 7 heteroatoms. The average Bonchev–Trinajstić information content (AvgIpc) is 2.42. The standard InChI is InChI=1S/C14H17N3O2S2/c1-17(7-8-21(2,18)19)14-11(13(15)20)9-10-5-3-4-6-12(10)16-14/h3-6,9H,7-8H2,1-2H3,(H2,15,20). The number of aromatic nitrogens is 1. The predicted molar refractivity (Wildman–Crippen MR) is 90.6 cm³/mol. The Balaban J connectivity index is 2.45. The van der Waals surface area contributed by atoms with E-state index in [-0.39, 0.29) is 10.7 Å². The molecular formula is C14H17N3O2S2. The molecule has 0 atom stereocenters. The number of nitrogens with zero attached hydrogens (tertiary/aromatic N) is 2. The van der Waals surface area contributed by atoms with Gasteiger partial charge in [-0.3, -0.25) is 0 Å². The lowest BCUT2D eigenvalue weighted by Gasteiger charge is -2.21. The third-order valence-corrected chi connectivity index (χ3v) is 4.27. The van der Waals surface area contributed by atoms with Gasteiger partial charge in [-0.05, 0) is 12.1 Å². The first-order valence-corrected chi connectivity index (χ1v) is 8.83. The molecule has 5 nitrogen and oxygen atoms in total. The van der Waals surface area contributed by atoms with Crippen molar-refractivity contribution in [3.05, 3.63) is 35.9 Å². The fraction of sp³-hybridized carbons (Fsp3) is 0.286. The summed E-state index contributed by atoms with van der Waals surface area (Å²) in [5.74, 6) is 0.652. The van der Waals surface area contributed by atoms with Crippen LogP contribution in [0.3, 0.4) is 0 Å². The van der Waals surface area contributed by atoms with Crippen LogP contribution in [0.4, 0.5) is 5.82 Å². The molecule has 0 bridgehead atoms. The summed E-state index contributed by atoms with van der Waals surface area (Å²) in [6.45, 7) is 0.333. The number of rotatable bonds is 5. The highest BCUT2D eigenvalue weighted by Gasteiger charge is 2.14. The SMILES string of the molecule is CN(CCS(C)(=O)=O)c1nc2ccccc2cc1C(N)=S. The molecule has 1 aromatic heterocycles. The first kappa shape index (κ1) is 15.7. The van der Waals surface area contributed by atoms with Crippen molar-refractivity contribution in [2.75, 3.05) is 30.5 Å². The highest BCUT2D eigenvalue weighted by Crippen LogP contribution is 2.23. The molecule has 0 aliphatic carbocycles. The number of thiocarbonyl (C=S) groups is 1. The molecule has 2 N–H and O–H groups in total. The molecule has 1 aromatic carbocycles. The highest BCUT2D eigenvalue weighted by atomic mass is 32.2. The Morgan fingerprint density at radius 1 is 1.38 bits per heavy atom. The summed E-state index contributed by atoms with van der Waals surface area (Å²) in [7, 11) is -1.25. The van der Waals surface area contributed by atoms with Crippen LogP contribution in [-0.2, 0) is 9.84 Å². The summed E-state index contributed by atoms with van der Waals surface area (Å²) in [6.07, 6.45) is 1.21. The number of hydrogen-bond donors (Lipinski definition) is 1. The minimum absolute atomic E-state index is 0.0504. The summed E-state index contributed by atoms with van der Waals surface area (Å²) in [6, 6.07) is 9.53. The third kappa shape index (κ3) is 3.89. The zero-order valence-electron chi connectivity index (χ0n) is 11.9. The number of benzene rings is 1. The number of pyridine rings is 1. The lowest BCUT2D eigenvalue weighted by atomic mass is 10.1. The van der Waals surface area contributed by atoms with E-state index < -0.39 is 9.84 Å². The molecule has 0 unspecified atom stereocenters. The van der Waals surface area contributed by atoms with E-state index in [1.54, 1.807) is 11.9 Å². The van der Waals surface area contributed by atoms with Gasteiger partial charge in [0.05, 0.1) is 16.8 Å². The van der Waals surface area contributed by atoms with E-state index in [0.717, 1.165) is 10.9 Å². The molecule has 0 aliphatic heterocycles. The second kappa shape index (κ2) is 5.95. The van der Waals surface area contributed by atoms with E-state index in [1.165, 1.54) is 6.26 Å². The number of para-hydroxylation sites is 1. The molecule has 0 spiro atoms. The van der Waals surface area contributed by atoms with E-state index in [4.69, 9.17) is 18.0 Å². The molecule has 2 rings (SSSR count). The van der Waals surface area contributed by atoms with Gasteiger partial charge in [-0.25, -0.2) is 13.4 Å². The van der Waals surface area contributed by atoms with Gasteiger partial charge in [0.2, 0.25) is 0 Å². The molecular weight excluding hydrogens is 306 g/mol. The number of hydrogen-bond acceptors (Lipinski definition) is 5. The Labute approximate surface area is 129 Å². The second-order valence-corrected chi connectivity index (χ2v) is 7.67. The fourth-order valence-corrected chi connectivity index (χ4v) is 2.74. The van der Waals surface area contributed by atoms with Gasteiger partial charge in [-0.1, -0.05) is 30.4 Å². The summed E-state index contributed by atoms with van der Waals surface area (Å²) in [4.78, 5) is 6.57. The van der Waals surface area contributed by atoms with Crippen molar-refractivity contribution in [2.24, 2.45) is 5.73 Å². The van der Waals surface area contributed by atoms with Crippen LogP contribution < -0.4 is 10.6 Å². The summed E-state index contributed by atoms with van der Waals surface area (Å²) in [5, 5.41) is 0.945. The number of anilines is 1. The lowest BCUT2D eigenvalue weighted by molar-refractivity contribution is 0.601. The van der Waals surface area contributed by atoms with Crippen LogP contribution in [0.25, 0.3) is 10.9 Å². The smallest absolute Gasteiger partial charge is 0.149 e. The summed E-state index contributed by atoms with van der Waals surface area (Å²) >= 11 is 5.08. The molecule has 112 valence electrons. The van der Waals surface area contributed by atoms with Crippen LogP contribution in [0.15, 0.2) is 30.3 Å². The quantitative estimate of drug-likeness (QED) is 0.837. The summed E-state index contributed by atoms with van der Waals surface area (Å²) < 4.78 is 22.6. The zero-order valence-corrected chi connectivity index (χ0v) is 13.5. The van der Waals surface area contributed by atoms with Gasteiger partial charge < -0.3 is 10.6 Å². The molecule has 0 amide bonds. The van der Waals surface area contributed by atoms with Crippen molar-refractivity contribution in [3.63, 3.8) is 0 Å². The van der Waals surface area contributed by atoms with E-state index in [2.05, 4.69) is 4.98 Å². The normalized spacial score (nSPS) is 11.5. The van der Waals surface area contributed by atoms with Crippen LogP contribution in [-0.4, -0.2) is 44.0 Å². The number of nitrogens with two attached hydrogens (primary N) is 1. The van der Waals surface area contributed by atoms with Gasteiger partial charge in [0.25, 0.3) is 0 Å². The maximum Gasteiger partial charge on any atom is 0.149 e. The van der Waals surface area contributed by atoms with Crippen molar-refractivity contribution >= 4 is 43.8 Å². The summed E-state index contributed by atoms with van der Waals surface area (Å²) in [5.41, 5.74) is 7.24. The topological polar surface area (TPSA) is 76.3 Å². The Kier molecular flexibility index (Phi) is 4.43. The van der Waals surface area contributed by atoms with Gasteiger partial charge in [-0.2, -0.15) is 0 Å². The largest absolute Gasteiger partial charge is 0.389 e. The third-order valence-electron chi connectivity index (χ3n) is 3.13. The van der Waals surface area contributed by atoms with Gasteiger partial charge in [0.15, 0.2) is 0 Å². The molecule has 21 heavy (non-hydrogen) atoms. The molecule has 2 aromatic rings. The van der Waals surface area contributed by atoms with Gasteiger partial charge in [-0.15, -0.1) is 0 Å². The van der Waals surface area contributed by atoms with Crippen LogP contribution >= 0.6 is 12.2 Å². The fourth-order valence-electron chi connectivity index (χ4n) is 1.99. The van der Waals surface area contributed by atoms with Gasteiger partial charge >= 0.3 is 0 Å². The Morgan fingerprint density at radius 2 is 2.05 bits per heavy atom. The molecule has 0 radical (unpaired) electrons. The van der Waals surface area contributed by atoms with E-state index in [1.807, 2.05) is 30.3 Å². The van der Waals surface area contributed by atoms with Crippen LogP contribution in [0.2, 0.25) is 0 Å². The number of sulfone groups is 1. The maximum atomic E-state index is 11.3. The average molecular weight is 323 g/mol. The van der Waals surface area contributed by atoms with E-state index in [9.17, 15) is 8.42 Å². The predicted octanol–water partition coefficient (Wildman–Crippen LogP) is 1.35. The molecule has 0 saturated heterocycles. The van der Waals surface area contributed by atoms with Crippen molar-refractivity contribution in [1.29, 1.82) is 0 Å². The highest BCUT2D eigenvalue weighted by molar-refractivity contribution is 7.90. The Hall–Kier alpha value is -1.73. The zero-order chi connectivity index (χ0) is 15.6. The van der Waals surface area contributed by atoms with Crippen molar-refractivity contribution in [2.45, 2.75) is 0 Å². The Morgan fingerprint density at radius 3 is 2.67 bits per heavy atom. The van der Waals surface area contributed by atoms with Crippen LogP contribution in [0, 0.1) is 0 Å². The molecule has 0 aliphatic rings. The monoisotopic (exact) mass is 323 g/mol. The molecule has 1 heterocycles. The van der Waals surface area contributed by atoms with Crippen molar-refractivity contribution in [1.82, 2.24) is 4.98 Å². The van der Waals surface area contributed by atoms with E-state index in [0.29, 0.717) is 17.9 Å². The van der Waals surface area contributed by atoms with E-state index >= 15 is 0 Å². The molecule has 0 fully saturated rings. The minimum Gasteiger partial charge on any atom is -0.389 e. The minimum atomic E-state index is -3.04.